The Morgan fingerprint density at radius 2 is 1.96 bits per heavy atom. The molecule has 6 nitrogen and oxygen atoms in total. The normalized spacial score (nSPS) is 24.9. The lowest BCUT2D eigenvalue weighted by Gasteiger charge is -2.32. The van der Waals surface area contributed by atoms with Gasteiger partial charge in [-0.1, -0.05) is 6.42 Å². The Kier molecular flexibility index (Phi) is 8.04. The van der Waals surface area contributed by atoms with E-state index in [9.17, 15) is 18.0 Å². The molecular weight excluding hydrogens is 361 g/mol. The van der Waals surface area contributed by atoms with Crippen LogP contribution >= 0.6 is 0 Å². The topological polar surface area (TPSA) is 74.8 Å². The Hall–Kier alpha value is -1.67. The maximum absolute atomic E-state index is 13.0. The van der Waals surface area contributed by atoms with Crippen LogP contribution in [0.2, 0.25) is 0 Å². The van der Waals surface area contributed by atoms with Gasteiger partial charge in [0.1, 0.15) is 0 Å². The van der Waals surface area contributed by atoms with Gasteiger partial charge in [-0.15, -0.1) is 0 Å². The molecule has 2 fully saturated rings. The summed E-state index contributed by atoms with van der Waals surface area (Å²) in [6, 6.07) is -0.366. The highest BCUT2D eigenvalue weighted by Crippen LogP contribution is 2.37. The van der Waals surface area contributed by atoms with Gasteiger partial charge in [0, 0.05) is 12.6 Å². The van der Waals surface area contributed by atoms with E-state index in [2.05, 4.69) is 20.9 Å². The minimum absolute atomic E-state index is 0.0705. The summed E-state index contributed by atoms with van der Waals surface area (Å²) in [5, 5.41) is 9.07. The fourth-order valence-corrected chi connectivity index (χ4v) is 3.46. The highest BCUT2D eigenvalue weighted by Gasteiger charge is 2.42. The van der Waals surface area contributed by atoms with Crippen molar-refractivity contribution < 1.29 is 22.7 Å². The monoisotopic (exact) mass is 392 g/mol. The van der Waals surface area contributed by atoms with Crippen LogP contribution in [-0.4, -0.2) is 50.0 Å². The van der Waals surface area contributed by atoms with E-state index >= 15 is 0 Å². The first-order valence-corrected chi connectivity index (χ1v) is 9.88. The zero-order chi connectivity index (χ0) is 19.9. The van der Waals surface area contributed by atoms with Crippen LogP contribution in [0.4, 0.5) is 18.0 Å². The first kappa shape index (κ1) is 21.6. The first-order valence-electron chi connectivity index (χ1n) is 9.88. The number of hydrogen-bond donors (Lipinski definition) is 3. The number of carbonyl (C=O) groups excluding carboxylic acids is 1. The van der Waals surface area contributed by atoms with Crippen molar-refractivity contribution in [2.24, 2.45) is 16.8 Å². The number of alkyl carbamates (subject to hydrolysis) is 1. The number of guanidine groups is 1. The van der Waals surface area contributed by atoms with Gasteiger partial charge in [-0.3, -0.25) is 4.99 Å². The van der Waals surface area contributed by atoms with Crippen molar-refractivity contribution in [2.45, 2.75) is 70.6 Å². The van der Waals surface area contributed by atoms with Gasteiger partial charge in [0.25, 0.3) is 0 Å². The van der Waals surface area contributed by atoms with Crippen LogP contribution in [-0.2, 0) is 4.74 Å². The average molecular weight is 392 g/mol. The van der Waals surface area contributed by atoms with Crippen molar-refractivity contribution in [2.75, 3.05) is 19.7 Å². The summed E-state index contributed by atoms with van der Waals surface area (Å²) < 4.78 is 44.0. The number of amides is 1. The van der Waals surface area contributed by atoms with E-state index in [1.165, 1.54) is 0 Å². The van der Waals surface area contributed by atoms with Gasteiger partial charge in [-0.25, -0.2) is 4.79 Å². The molecule has 3 atom stereocenters. The molecule has 27 heavy (non-hydrogen) atoms. The second kappa shape index (κ2) is 10.0. The van der Waals surface area contributed by atoms with Crippen LogP contribution in [0.15, 0.2) is 4.99 Å². The van der Waals surface area contributed by atoms with Crippen molar-refractivity contribution in [3.05, 3.63) is 0 Å². The number of nitrogens with one attached hydrogen (secondary N) is 3. The van der Waals surface area contributed by atoms with Gasteiger partial charge in [0.2, 0.25) is 0 Å². The molecule has 0 aromatic carbocycles. The van der Waals surface area contributed by atoms with E-state index in [0.29, 0.717) is 44.4 Å². The molecule has 2 aliphatic rings. The molecule has 0 spiro atoms. The van der Waals surface area contributed by atoms with Crippen molar-refractivity contribution in [1.29, 1.82) is 0 Å². The first-order chi connectivity index (χ1) is 12.8. The molecule has 2 aliphatic carbocycles. The van der Waals surface area contributed by atoms with Crippen LogP contribution in [0, 0.1) is 11.8 Å². The van der Waals surface area contributed by atoms with Crippen LogP contribution in [0.5, 0.6) is 0 Å². The maximum atomic E-state index is 13.0. The molecule has 9 heteroatoms. The summed E-state index contributed by atoms with van der Waals surface area (Å²) in [6.07, 6.45) is -1.01. The zero-order valence-electron chi connectivity index (χ0n) is 16.1. The third-order valence-electron chi connectivity index (χ3n) is 5.04. The largest absolute Gasteiger partial charge is 0.450 e. The fraction of sp³-hybridized carbons (Fsp3) is 0.889. The highest BCUT2D eigenvalue weighted by atomic mass is 19.4. The summed E-state index contributed by atoms with van der Waals surface area (Å²) in [7, 11) is 0. The molecule has 0 heterocycles. The van der Waals surface area contributed by atoms with Crippen molar-refractivity contribution in [1.82, 2.24) is 16.0 Å². The Labute approximate surface area is 158 Å². The van der Waals surface area contributed by atoms with Crippen LogP contribution in [0.1, 0.15) is 52.4 Å². The Bertz CT molecular complexity index is 509. The summed E-state index contributed by atoms with van der Waals surface area (Å²) >= 11 is 0. The van der Waals surface area contributed by atoms with Gasteiger partial charge in [-0.2, -0.15) is 13.2 Å². The number of carbonyl (C=O) groups is 1. The fourth-order valence-electron chi connectivity index (χ4n) is 3.46. The molecule has 2 rings (SSSR count). The highest BCUT2D eigenvalue weighted by molar-refractivity contribution is 5.80. The van der Waals surface area contributed by atoms with Gasteiger partial charge < -0.3 is 20.7 Å². The molecule has 0 aromatic heterocycles. The van der Waals surface area contributed by atoms with Crippen LogP contribution in [0.3, 0.4) is 0 Å². The zero-order valence-corrected chi connectivity index (χ0v) is 16.1. The smallest absolute Gasteiger partial charge is 0.407 e. The SMILES string of the molecule is CCNC(=NCC(NC(=O)OCC)C1CC1)NC1CCCC(C(F)(F)F)C1. The maximum Gasteiger partial charge on any atom is 0.407 e. The number of alkyl halides is 3. The molecular formula is C18H31F3N4O2. The lowest BCUT2D eigenvalue weighted by molar-refractivity contribution is -0.183. The van der Waals surface area contributed by atoms with Crippen molar-refractivity contribution in [3.8, 4) is 0 Å². The minimum atomic E-state index is -4.14. The van der Waals surface area contributed by atoms with E-state index < -0.39 is 18.2 Å². The number of halogens is 3. The lowest BCUT2D eigenvalue weighted by Crippen LogP contribution is -2.47. The predicted octanol–water partition coefficient (Wildman–Crippen LogP) is 3.19. The standard InChI is InChI=1S/C18H31F3N4O2/c1-3-22-16(24-14-7-5-6-13(10-14)18(19,20)21)23-11-15(12-8-9-12)25-17(26)27-4-2/h12-15H,3-11H2,1-2H3,(H,25,26)(H2,22,23,24). The Balaban J connectivity index is 1.93. The van der Waals surface area contributed by atoms with E-state index in [1.807, 2.05) is 6.92 Å². The number of ether oxygens (including phenoxy) is 1. The third-order valence-corrected chi connectivity index (χ3v) is 5.04. The molecule has 2 saturated carbocycles. The second-order valence-corrected chi connectivity index (χ2v) is 7.27. The van der Waals surface area contributed by atoms with Crippen molar-refractivity contribution >= 4 is 12.1 Å². The molecule has 3 N–H and O–H groups in total. The molecule has 0 radical (unpaired) electrons. The number of rotatable bonds is 7. The molecule has 3 unspecified atom stereocenters. The molecule has 0 aliphatic heterocycles. The second-order valence-electron chi connectivity index (χ2n) is 7.27. The Morgan fingerprint density at radius 1 is 1.22 bits per heavy atom. The summed E-state index contributed by atoms with van der Waals surface area (Å²) in [5.41, 5.74) is 0. The lowest BCUT2D eigenvalue weighted by atomic mass is 9.85. The number of hydrogen-bond acceptors (Lipinski definition) is 3. The van der Waals surface area contributed by atoms with E-state index in [4.69, 9.17) is 4.74 Å². The summed E-state index contributed by atoms with van der Waals surface area (Å²) in [5.74, 6) is -0.372. The molecule has 156 valence electrons. The van der Waals surface area contributed by atoms with Gasteiger partial charge in [0.15, 0.2) is 5.96 Å². The molecule has 0 bridgehead atoms. The third kappa shape index (κ3) is 7.46. The predicted molar refractivity (Wildman–Crippen MR) is 97.6 cm³/mol. The van der Waals surface area contributed by atoms with Crippen LogP contribution in [0.25, 0.3) is 0 Å². The minimum Gasteiger partial charge on any atom is -0.450 e. The number of nitrogens with zero attached hydrogens (tertiary/aromatic N) is 1. The molecule has 0 aromatic rings. The van der Waals surface area contributed by atoms with E-state index in [-0.39, 0.29) is 24.9 Å². The number of aliphatic imine (C=N–C) groups is 1. The van der Waals surface area contributed by atoms with Gasteiger partial charge in [-0.05, 0) is 51.9 Å². The van der Waals surface area contributed by atoms with Crippen molar-refractivity contribution in [3.63, 3.8) is 0 Å². The van der Waals surface area contributed by atoms with Gasteiger partial charge >= 0.3 is 12.3 Å². The molecule has 0 saturated heterocycles. The summed E-state index contributed by atoms with van der Waals surface area (Å²) in [4.78, 5) is 16.2. The van der Waals surface area contributed by atoms with E-state index in [1.54, 1.807) is 6.92 Å². The average Bonchev–Trinajstić information content (AvgIpc) is 3.43. The van der Waals surface area contributed by atoms with E-state index in [0.717, 1.165) is 12.8 Å². The quantitative estimate of drug-likeness (QED) is 0.460. The molecule has 1 amide bonds. The Morgan fingerprint density at radius 3 is 2.56 bits per heavy atom. The van der Waals surface area contributed by atoms with Crippen LogP contribution < -0.4 is 16.0 Å². The van der Waals surface area contributed by atoms with Gasteiger partial charge in [0.05, 0.1) is 25.1 Å². The summed E-state index contributed by atoms with van der Waals surface area (Å²) in [6.45, 7) is 4.94.